The largest absolute Gasteiger partial charge is 0.327 e. The Morgan fingerprint density at radius 3 is 2.71 bits per heavy atom. The minimum Gasteiger partial charge on any atom is -0.327 e. The fourth-order valence-corrected chi connectivity index (χ4v) is 3.56. The predicted octanol–water partition coefficient (Wildman–Crippen LogP) is 3.26. The van der Waals surface area contributed by atoms with Gasteiger partial charge in [0.1, 0.15) is 9.88 Å². The van der Waals surface area contributed by atoms with Crippen LogP contribution in [0.15, 0.2) is 46.9 Å². The number of rotatable bonds is 2. The fourth-order valence-electron chi connectivity index (χ4n) is 1.87. The topological polar surface area (TPSA) is 47.2 Å². The number of carbonyl (C=O) groups excluding carboxylic acids is 1. The molecule has 3 rings (SSSR count). The SMILES string of the molecule is Cc1nc(-c2ccccc2)sc1C(=O)N=c1sccn1C. The van der Waals surface area contributed by atoms with Crippen molar-refractivity contribution in [2.75, 3.05) is 0 Å². The van der Waals surface area contributed by atoms with Gasteiger partial charge in [0, 0.05) is 24.2 Å². The van der Waals surface area contributed by atoms with Crippen molar-refractivity contribution in [2.24, 2.45) is 12.0 Å². The van der Waals surface area contributed by atoms with Gasteiger partial charge in [0.05, 0.1) is 5.69 Å². The highest BCUT2D eigenvalue weighted by Crippen LogP contribution is 2.28. The van der Waals surface area contributed by atoms with Gasteiger partial charge in [-0.2, -0.15) is 4.99 Å². The van der Waals surface area contributed by atoms with Crippen LogP contribution in [0.3, 0.4) is 0 Å². The molecule has 0 unspecified atom stereocenters. The van der Waals surface area contributed by atoms with Crippen LogP contribution in [0.5, 0.6) is 0 Å². The van der Waals surface area contributed by atoms with Crippen LogP contribution in [0, 0.1) is 6.92 Å². The molecule has 0 atom stereocenters. The van der Waals surface area contributed by atoms with Crippen LogP contribution in [0.4, 0.5) is 0 Å². The Morgan fingerprint density at radius 1 is 1.29 bits per heavy atom. The minimum absolute atomic E-state index is 0.231. The summed E-state index contributed by atoms with van der Waals surface area (Å²) < 4.78 is 1.83. The van der Waals surface area contributed by atoms with Crippen LogP contribution >= 0.6 is 22.7 Å². The van der Waals surface area contributed by atoms with Crippen LogP contribution in [0.25, 0.3) is 10.6 Å². The van der Waals surface area contributed by atoms with Gasteiger partial charge in [-0.05, 0) is 6.92 Å². The molecule has 0 aliphatic rings. The van der Waals surface area contributed by atoms with E-state index in [1.54, 1.807) is 0 Å². The third-order valence-corrected chi connectivity index (χ3v) is 5.01. The third-order valence-electron chi connectivity index (χ3n) is 2.97. The highest BCUT2D eigenvalue weighted by atomic mass is 32.1. The smallest absolute Gasteiger partial charge is 0.291 e. The Morgan fingerprint density at radius 2 is 2.05 bits per heavy atom. The molecule has 3 aromatic rings. The zero-order chi connectivity index (χ0) is 14.8. The van der Waals surface area contributed by atoms with E-state index in [1.165, 1.54) is 22.7 Å². The molecule has 0 fully saturated rings. The summed E-state index contributed by atoms with van der Waals surface area (Å²) in [5, 5.41) is 2.75. The standard InChI is InChI=1S/C15H13N3OS2/c1-10-12(13(19)17-15-18(2)8-9-20-15)21-14(16-10)11-6-4-3-5-7-11/h3-9H,1-2H3. The van der Waals surface area contributed by atoms with Crippen LogP contribution < -0.4 is 4.80 Å². The second-order valence-electron chi connectivity index (χ2n) is 4.51. The minimum atomic E-state index is -0.231. The van der Waals surface area contributed by atoms with E-state index in [0.29, 0.717) is 9.68 Å². The molecular weight excluding hydrogens is 302 g/mol. The number of thiazole rings is 2. The van der Waals surface area contributed by atoms with Crippen molar-refractivity contribution in [2.45, 2.75) is 6.92 Å². The molecule has 0 aliphatic carbocycles. The average molecular weight is 315 g/mol. The lowest BCUT2D eigenvalue weighted by atomic mass is 10.2. The fraction of sp³-hybridized carbons (Fsp3) is 0.133. The van der Waals surface area contributed by atoms with E-state index >= 15 is 0 Å². The van der Waals surface area contributed by atoms with Crippen molar-refractivity contribution in [3.05, 3.63) is 57.3 Å². The van der Waals surface area contributed by atoms with Gasteiger partial charge < -0.3 is 4.57 Å². The molecule has 0 saturated heterocycles. The molecule has 4 nitrogen and oxygen atoms in total. The summed E-state index contributed by atoms with van der Waals surface area (Å²) in [7, 11) is 1.87. The van der Waals surface area contributed by atoms with Gasteiger partial charge in [-0.1, -0.05) is 30.3 Å². The number of amides is 1. The normalized spacial score (nSPS) is 11.8. The second-order valence-corrected chi connectivity index (χ2v) is 6.39. The number of aryl methyl sites for hydroxylation is 2. The van der Waals surface area contributed by atoms with Crippen molar-refractivity contribution in [1.82, 2.24) is 9.55 Å². The first kappa shape index (κ1) is 13.9. The van der Waals surface area contributed by atoms with E-state index in [2.05, 4.69) is 9.98 Å². The van der Waals surface area contributed by atoms with Gasteiger partial charge in [-0.3, -0.25) is 4.79 Å². The first-order valence-electron chi connectivity index (χ1n) is 6.37. The highest BCUT2D eigenvalue weighted by molar-refractivity contribution is 7.17. The second kappa shape index (κ2) is 5.75. The Kier molecular flexibility index (Phi) is 3.81. The number of benzene rings is 1. The summed E-state index contributed by atoms with van der Waals surface area (Å²) in [6, 6.07) is 9.86. The monoisotopic (exact) mass is 315 g/mol. The van der Waals surface area contributed by atoms with Crippen molar-refractivity contribution in [1.29, 1.82) is 0 Å². The van der Waals surface area contributed by atoms with E-state index in [0.717, 1.165) is 16.3 Å². The lowest BCUT2D eigenvalue weighted by molar-refractivity contribution is 0.100. The highest BCUT2D eigenvalue weighted by Gasteiger charge is 2.15. The first-order chi connectivity index (χ1) is 10.1. The molecule has 0 radical (unpaired) electrons. The van der Waals surface area contributed by atoms with E-state index in [9.17, 15) is 4.79 Å². The van der Waals surface area contributed by atoms with E-state index in [4.69, 9.17) is 0 Å². The van der Waals surface area contributed by atoms with Gasteiger partial charge in [0.2, 0.25) is 0 Å². The van der Waals surface area contributed by atoms with Crippen LogP contribution in [-0.4, -0.2) is 15.5 Å². The van der Waals surface area contributed by atoms with Gasteiger partial charge in [0.15, 0.2) is 4.80 Å². The lowest BCUT2D eigenvalue weighted by Crippen LogP contribution is -2.12. The number of carbonyl (C=O) groups is 1. The molecule has 21 heavy (non-hydrogen) atoms. The van der Waals surface area contributed by atoms with Crippen molar-refractivity contribution >= 4 is 28.6 Å². The average Bonchev–Trinajstić information content (AvgIpc) is 3.06. The Balaban J connectivity index is 1.99. The molecule has 2 aromatic heterocycles. The molecule has 106 valence electrons. The van der Waals surface area contributed by atoms with Crippen LogP contribution in [0.2, 0.25) is 0 Å². The number of hydrogen-bond acceptors (Lipinski definition) is 4. The third kappa shape index (κ3) is 2.86. The number of nitrogens with zero attached hydrogens (tertiary/aromatic N) is 3. The first-order valence-corrected chi connectivity index (χ1v) is 8.07. The molecule has 0 spiro atoms. The Hall–Kier alpha value is -2.05. The number of aromatic nitrogens is 2. The van der Waals surface area contributed by atoms with Crippen molar-refractivity contribution < 1.29 is 4.79 Å². The van der Waals surface area contributed by atoms with Crippen molar-refractivity contribution in [3.63, 3.8) is 0 Å². The lowest BCUT2D eigenvalue weighted by Gasteiger charge is -1.93. The molecule has 0 N–H and O–H groups in total. The van der Waals surface area contributed by atoms with Crippen molar-refractivity contribution in [3.8, 4) is 10.6 Å². The summed E-state index contributed by atoms with van der Waals surface area (Å²) in [5.41, 5.74) is 1.75. The molecule has 0 bridgehead atoms. The maximum absolute atomic E-state index is 12.3. The van der Waals surface area contributed by atoms with Gasteiger partial charge in [-0.15, -0.1) is 22.7 Å². The molecule has 0 aliphatic heterocycles. The quantitative estimate of drug-likeness (QED) is 0.729. The maximum atomic E-state index is 12.3. The van der Waals surface area contributed by atoms with Crippen LogP contribution in [0.1, 0.15) is 15.4 Å². The Labute approximate surface area is 130 Å². The summed E-state index contributed by atoms with van der Waals surface area (Å²) in [5.74, 6) is -0.231. The summed E-state index contributed by atoms with van der Waals surface area (Å²) >= 11 is 2.83. The molecule has 1 amide bonds. The maximum Gasteiger partial charge on any atom is 0.291 e. The summed E-state index contributed by atoms with van der Waals surface area (Å²) in [4.78, 5) is 22.3. The molecule has 1 aromatic carbocycles. The van der Waals surface area contributed by atoms with E-state index in [1.807, 2.05) is 60.4 Å². The van der Waals surface area contributed by atoms with Crippen LogP contribution in [-0.2, 0) is 7.05 Å². The zero-order valence-corrected chi connectivity index (χ0v) is 13.2. The number of hydrogen-bond donors (Lipinski definition) is 0. The molecule has 6 heteroatoms. The predicted molar refractivity (Wildman–Crippen MR) is 85.5 cm³/mol. The molecular formula is C15H13N3OS2. The van der Waals surface area contributed by atoms with E-state index in [-0.39, 0.29) is 5.91 Å². The van der Waals surface area contributed by atoms with Gasteiger partial charge in [0.25, 0.3) is 5.91 Å². The Bertz CT molecular complexity index is 843. The molecule has 2 heterocycles. The van der Waals surface area contributed by atoms with E-state index < -0.39 is 0 Å². The van der Waals surface area contributed by atoms with Gasteiger partial charge >= 0.3 is 0 Å². The zero-order valence-electron chi connectivity index (χ0n) is 11.6. The summed E-state index contributed by atoms with van der Waals surface area (Å²) in [6.07, 6.45) is 1.88. The molecule has 0 saturated carbocycles. The van der Waals surface area contributed by atoms with Gasteiger partial charge in [-0.25, -0.2) is 4.98 Å². The summed E-state index contributed by atoms with van der Waals surface area (Å²) in [6.45, 7) is 1.85.